The quantitative estimate of drug-likeness (QED) is 0.579. The molecule has 2 aromatic carbocycles. The van der Waals surface area contributed by atoms with Gasteiger partial charge < -0.3 is 14.2 Å². The van der Waals surface area contributed by atoms with E-state index in [0.717, 1.165) is 11.1 Å². The van der Waals surface area contributed by atoms with Crippen LogP contribution in [0, 0.1) is 13.8 Å². The van der Waals surface area contributed by atoms with Crippen molar-refractivity contribution in [1.29, 1.82) is 0 Å². The topological polar surface area (TPSA) is 68.5 Å². The number of nitrogens with zero attached hydrogens (tertiary/aromatic N) is 3. The third-order valence-corrected chi connectivity index (χ3v) is 5.08. The van der Waals surface area contributed by atoms with Crippen LogP contribution in [0.3, 0.4) is 0 Å². The van der Waals surface area contributed by atoms with Gasteiger partial charge in [-0.25, -0.2) is 0 Å². The van der Waals surface area contributed by atoms with Gasteiger partial charge >= 0.3 is 0 Å². The van der Waals surface area contributed by atoms with Crippen LogP contribution in [0.4, 0.5) is 0 Å². The number of hydrogen-bond acceptors (Lipinski definition) is 5. The summed E-state index contributed by atoms with van der Waals surface area (Å²) in [6.45, 7) is 3.84. The molecule has 0 saturated heterocycles. The van der Waals surface area contributed by atoms with Crippen molar-refractivity contribution in [3.8, 4) is 17.1 Å². The van der Waals surface area contributed by atoms with Crippen LogP contribution >= 0.6 is 23.2 Å². The maximum absolute atomic E-state index is 12.4. The Labute approximate surface area is 173 Å². The van der Waals surface area contributed by atoms with Crippen LogP contribution in [0.1, 0.15) is 17.0 Å². The number of aryl methyl sites for hydroxylation is 2. The molecule has 0 radical (unpaired) electrons. The van der Waals surface area contributed by atoms with Crippen LogP contribution in [0.15, 0.2) is 40.9 Å². The minimum Gasteiger partial charge on any atom is -0.484 e. The molecule has 0 fully saturated rings. The van der Waals surface area contributed by atoms with E-state index in [0.29, 0.717) is 33.1 Å². The fourth-order valence-electron chi connectivity index (χ4n) is 2.61. The Kier molecular flexibility index (Phi) is 6.21. The number of ether oxygens (including phenoxy) is 1. The zero-order valence-electron chi connectivity index (χ0n) is 15.7. The maximum Gasteiger partial charge on any atom is 0.260 e. The molecule has 0 aliphatic rings. The molecule has 0 saturated carbocycles. The minimum absolute atomic E-state index is 0.109. The smallest absolute Gasteiger partial charge is 0.260 e. The van der Waals surface area contributed by atoms with Crippen molar-refractivity contribution in [3.63, 3.8) is 0 Å². The van der Waals surface area contributed by atoms with Gasteiger partial charge in [0.15, 0.2) is 6.61 Å². The van der Waals surface area contributed by atoms with Crippen LogP contribution in [-0.2, 0) is 11.3 Å². The molecular formula is C20H19Cl2N3O3. The van der Waals surface area contributed by atoms with E-state index < -0.39 is 0 Å². The molecule has 0 aliphatic carbocycles. The van der Waals surface area contributed by atoms with Gasteiger partial charge in [-0.3, -0.25) is 4.79 Å². The predicted molar refractivity (Wildman–Crippen MR) is 108 cm³/mol. The van der Waals surface area contributed by atoms with Gasteiger partial charge in [-0.15, -0.1) is 0 Å². The largest absolute Gasteiger partial charge is 0.484 e. The molecule has 28 heavy (non-hydrogen) atoms. The Morgan fingerprint density at radius 2 is 1.86 bits per heavy atom. The highest BCUT2D eigenvalue weighted by Crippen LogP contribution is 2.26. The molecule has 0 atom stereocenters. The molecule has 0 N–H and O–H groups in total. The summed E-state index contributed by atoms with van der Waals surface area (Å²) < 4.78 is 10.8. The molecule has 3 rings (SSSR count). The molecule has 8 heteroatoms. The molecule has 0 aliphatic heterocycles. The number of carbonyl (C=O) groups excluding carboxylic acids is 1. The van der Waals surface area contributed by atoms with Gasteiger partial charge in [0.1, 0.15) is 5.75 Å². The first-order valence-corrected chi connectivity index (χ1v) is 9.31. The van der Waals surface area contributed by atoms with Gasteiger partial charge in [-0.1, -0.05) is 40.5 Å². The molecule has 0 bridgehead atoms. The Morgan fingerprint density at radius 3 is 2.54 bits per heavy atom. The van der Waals surface area contributed by atoms with Gasteiger partial charge in [0.25, 0.3) is 5.91 Å². The Hall–Kier alpha value is -2.57. The lowest BCUT2D eigenvalue weighted by Crippen LogP contribution is -2.31. The first-order chi connectivity index (χ1) is 13.3. The van der Waals surface area contributed by atoms with Gasteiger partial charge in [0, 0.05) is 17.6 Å². The average molecular weight is 420 g/mol. The standard InChI is InChI=1S/C20H19Cl2N3O3/c1-12-8-14(9-13(2)19(12)22)27-11-18(26)25(3)10-17-23-20(24-28-17)15-6-4-5-7-16(15)21/h4-9H,10-11H2,1-3H3. The number of likely N-dealkylation sites (N-methyl/N-ethyl adjacent to an activating group) is 1. The van der Waals surface area contributed by atoms with Gasteiger partial charge in [-0.05, 0) is 49.2 Å². The van der Waals surface area contributed by atoms with Crippen molar-refractivity contribution in [1.82, 2.24) is 15.0 Å². The summed E-state index contributed by atoms with van der Waals surface area (Å²) in [5.74, 6) is 1.07. The summed E-state index contributed by atoms with van der Waals surface area (Å²) in [6, 6.07) is 10.8. The number of carbonyl (C=O) groups is 1. The van der Waals surface area contributed by atoms with Crippen LogP contribution in [0.25, 0.3) is 11.4 Å². The van der Waals surface area contributed by atoms with Crippen LogP contribution < -0.4 is 4.74 Å². The van der Waals surface area contributed by atoms with Crippen molar-refractivity contribution < 1.29 is 14.1 Å². The van der Waals surface area contributed by atoms with Gasteiger partial charge in [0.2, 0.25) is 11.7 Å². The van der Waals surface area contributed by atoms with Crippen LogP contribution in [-0.4, -0.2) is 34.6 Å². The first-order valence-electron chi connectivity index (χ1n) is 8.56. The first kappa shape index (κ1) is 20.2. The molecule has 3 aromatic rings. The van der Waals surface area contributed by atoms with Gasteiger partial charge in [-0.2, -0.15) is 4.98 Å². The number of halogens is 2. The highest BCUT2D eigenvalue weighted by Gasteiger charge is 2.16. The Bertz CT molecular complexity index is 981. The Balaban J connectivity index is 1.60. The zero-order valence-corrected chi connectivity index (χ0v) is 17.2. The molecule has 1 amide bonds. The van der Waals surface area contributed by atoms with E-state index in [1.807, 2.05) is 26.0 Å². The van der Waals surface area contributed by atoms with Crippen molar-refractivity contribution in [2.75, 3.05) is 13.7 Å². The summed E-state index contributed by atoms with van der Waals surface area (Å²) in [4.78, 5) is 18.1. The summed E-state index contributed by atoms with van der Waals surface area (Å²) in [6.07, 6.45) is 0. The molecular weight excluding hydrogens is 401 g/mol. The SMILES string of the molecule is Cc1cc(OCC(=O)N(C)Cc2nc(-c3ccccc3Cl)no2)cc(C)c1Cl. The summed E-state index contributed by atoms with van der Waals surface area (Å²) in [5, 5.41) is 5.15. The van der Waals surface area contributed by atoms with E-state index in [9.17, 15) is 4.79 Å². The number of aromatic nitrogens is 2. The fraction of sp³-hybridized carbons (Fsp3) is 0.250. The molecule has 146 valence electrons. The lowest BCUT2D eigenvalue weighted by atomic mass is 10.1. The third-order valence-electron chi connectivity index (χ3n) is 4.15. The van der Waals surface area contributed by atoms with E-state index in [-0.39, 0.29) is 19.1 Å². The van der Waals surface area contributed by atoms with Crippen molar-refractivity contribution in [2.45, 2.75) is 20.4 Å². The fourth-order valence-corrected chi connectivity index (χ4v) is 2.94. The summed E-state index contributed by atoms with van der Waals surface area (Å²) in [5.41, 5.74) is 2.47. The normalized spacial score (nSPS) is 10.8. The average Bonchev–Trinajstić information content (AvgIpc) is 3.12. The van der Waals surface area contributed by atoms with Crippen LogP contribution in [0.2, 0.25) is 10.0 Å². The molecule has 0 spiro atoms. The second-order valence-corrected chi connectivity index (χ2v) is 7.19. The number of amides is 1. The molecule has 1 aromatic heterocycles. The van der Waals surface area contributed by atoms with E-state index >= 15 is 0 Å². The van der Waals surface area contributed by atoms with E-state index in [1.165, 1.54) is 4.90 Å². The van der Waals surface area contributed by atoms with Crippen LogP contribution in [0.5, 0.6) is 5.75 Å². The molecule has 6 nitrogen and oxygen atoms in total. The van der Waals surface area contributed by atoms with Crippen molar-refractivity contribution in [2.24, 2.45) is 0 Å². The van der Waals surface area contributed by atoms with Crippen molar-refractivity contribution in [3.05, 3.63) is 63.5 Å². The van der Waals surface area contributed by atoms with E-state index in [2.05, 4.69) is 10.1 Å². The zero-order chi connectivity index (χ0) is 20.3. The molecule has 1 heterocycles. The number of hydrogen-bond donors (Lipinski definition) is 0. The van der Waals surface area contributed by atoms with E-state index in [4.69, 9.17) is 32.5 Å². The van der Waals surface area contributed by atoms with Gasteiger partial charge in [0.05, 0.1) is 11.6 Å². The third kappa shape index (κ3) is 4.64. The highest BCUT2D eigenvalue weighted by atomic mass is 35.5. The lowest BCUT2D eigenvalue weighted by Gasteiger charge is -2.16. The summed E-state index contributed by atoms with van der Waals surface area (Å²) >= 11 is 12.3. The monoisotopic (exact) mass is 419 g/mol. The molecule has 0 unspecified atom stereocenters. The lowest BCUT2D eigenvalue weighted by molar-refractivity contribution is -0.132. The van der Waals surface area contributed by atoms with Crippen molar-refractivity contribution >= 4 is 29.1 Å². The van der Waals surface area contributed by atoms with E-state index in [1.54, 1.807) is 31.3 Å². The second-order valence-electron chi connectivity index (χ2n) is 6.40. The summed E-state index contributed by atoms with van der Waals surface area (Å²) in [7, 11) is 1.64. The number of rotatable bonds is 6. The second kappa shape index (κ2) is 8.63. The highest BCUT2D eigenvalue weighted by molar-refractivity contribution is 6.33. The minimum atomic E-state index is -0.220. The Morgan fingerprint density at radius 1 is 1.18 bits per heavy atom. The number of benzene rings is 2. The maximum atomic E-state index is 12.4. The predicted octanol–water partition coefficient (Wildman–Crippen LogP) is 4.70.